The number of nitrogens with zero attached hydrogens (tertiary/aromatic N) is 6. The highest BCUT2D eigenvalue weighted by molar-refractivity contribution is 6.36. The molecule has 0 atom stereocenters. The highest BCUT2D eigenvalue weighted by Crippen LogP contribution is 2.56. The largest absolute Gasteiger partial charge is 0.327 e. The van der Waals surface area contributed by atoms with E-state index < -0.39 is 5.91 Å². The molecule has 2 fully saturated rings. The number of nitriles is 1. The first-order valence-electron chi connectivity index (χ1n) is 17.7. The van der Waals surface area contributed by atoms with Gasteiger partial charge in [-0.3, -0.25) is 14.5 Å². The highest BCUT2D eigenvalue weighted by Gasteiger charge is 2.44. The van der Waals surface area contributed by atoms with E-state index in [0.29, 0.717) is 40.3 Å². The molecule has 4 aliphatic rings. The smallest absolute Gasteiger partial charge is 0.291 e. The molecule has 2 saturated carbocycles. The lowest BCUT2D eigenvalue weighted by molar-refractivity contribution is 0.100. The van der Waals surface area contributed by atoms with Crippen molar-refractivity contribution in [2.24, 2.45) is 25.4 Å². The molecule has 8 rings (SSSR count). The van der Waals surface area contributed by atoms with Gasteiger partial charge < -0.3 is 25.1 Å². The van der Waals surface area contributed by atoms with Crippen LogP contribution in [0.4, 0.5) is 11.4 Å². The van der Waals surface area contributed by atoms with Crippen LogP contribution in [0.25, 0.3) is 11.1 Å². The third-order valence-corrected chi connectivity index (χ3v) is 12.1. The number of hydrogen-bond donors (Lipinski definition) is 3. The maximum absolute atomic E-state index is 13.7. The number of benzene rings is 2. The Kier molecular flexibility index (Phi) is 8.50. The summed E-state index contributed by atoms with van der Waals surface area (Å²) in [5.41, 5.74) is 6.63. The van der Waals surface area contributed by atoms with Gasteiger partial charge in [-0.25, -0.2) is 9.97 Å². The molecule has 2 aliphatic heterocycles. The van der Waals surface area contributed by atoms with Crippen molar-refractivity contribution < 1.29 is 9.59 Å². The molecule has 11 nitrogen and oxygen atoms in total. The van der Waals surface area contributed by atoms with Crippen LogP contribution >= 0.6 is 11.6 Å². The van der Waals surface area contributed by atoms with Crippen molar-refractivity contribution in [2.45, 2.75) is 64.5 Å². The molecule has 4 heterocycles. The number of hydrogen-bond acceptors (Lipinski definition) is 7. The lowest BCUT2D eigenvalue weighted by Gasteiger charge is -2.32. The number of halogens is 1. The van der Waals surface area contributed by atoms with Crippen molar-refractivity contribution in [3.05, 3.63) is 81.4 Å². The average Bonchev–Trinajstić information content (AvgIpc) is 3.90. The van der Waals surface area contributed by atoms with Crippen molar-refractivity contribution in [2.75, 3.05) is 30.3 Å². The molecule has 0 radical (unpaired) electrons. The van der Waals surface area contributed by atoms with Crippen LogP contribution < -0.4 is 16.0 Å². The molecule has 3 N–H and O–H groups in total. The van der Waals surface area contributed by atoms with Gasteiger partial charge in [-0.15, -0.1) is 0 Å². The fraction of sp³-hybridized carbons (Fsp3) is 0.447. The summed E-state index contributed by atoms with van der Waals surface area (Å²) in [5, 5.41) is 19.7. The SMILES string of the molecule is Cn1c(C(=O)Nc2cccc(-c3cccc(NC(=O)c4nc5c(n4C)CCNC5)c3C#N)c2Cl)nc2c1CCN(CCC13CCC(CC1)C3)C2. The van der Waals surface area contributed by atoms with Crippen molar-refractivity contribution in [3.63, 3.8) is 0 Å². The minimum Gasteiger partial charge on any atom is -0.327 e. The molecular weight excluding hydrogens is 650 g/mol. The molecule has 2 aromatic carbocycles. The third kappa shape index (κ3) is 5.79. The Morgan fingerprint density at radius 1 is 0.960 bits per heavy atom. The van der Waals surface area contributed by atoms with Gasteiger partial charge in [-0.05, 0) is 68.5 Å². The average molecular weight is 692 g/mol. The second kappa shape index (κ2) is 13.0. The molecule has 2 bridgehead atoms. The molecular formula is C38H42ClN9O2. The molecule has 50 heavy (non-hydrogen) atoms. The zero-order valence-electron chi connectivity index (χ0n) is 28.6. The van der Waals surface area contributed by atoms with Crippen LogP contribution in [0, 0.1) is 22.7 Å². The molecule has 2 aromatic heterocycles. The van der Waals surface area contributed by atoms with E-state index in [-0.39, 0.29) is 22.3 Å². The molecule has 2 aliphatic carbocycles. The summed E-state index contributed by atoms with van der Waals surface area (Å²) in [4.78, 5) is 38.9. The van der Waals surface area contributed by atoms with Crippen molar-refractivity contribution in [1.29, 1.82) is 5.26 Å². The van der Waals surface area contributed by atoms with Gasteiger partial charge in [0.15, 0.2) is 11.6 Å². The lowest BCUT2D eigenvalue weighted by atomic mass is 9.81. The van der Waals surface area contributed by atoms with Gasteiger partial charge in [0, 0.05) is 75.6 Å². The number of aromatic nitrogens is 4. The molecule has 0 spiro atoms. The first kappa shape index (κ1) is 32.7. The zero-order valence-corrected chi connectivity index (χ0v) is 29.4. The molecule has 2 amide bonds. The van der Waals surface area contributed by atoms with Crippen LogP contribution in [-0.2, 0) is 40.0 Å². The van der Waals surface area contributed by atoms with E-state index in [0.717, 1.165) is 67.7 Å². The Hall–Kier alpha value is -4.50. The van der Waals surface area contributed by atoms with Crippen LogP contribution in [0.3, 0.4) is 0 Å². The number of amides is 2. The summed E-state index contributed by atoms with van der Waals surface area (Å²) in [6.07, 6.45) is 9.92. The number of rotatable bonds is 8. The summed E-state index contributed by atoms with van der Waals surface area (Å²) in [7, 11) is 3.74. The van der Waals surface area contributed by atoms with E-state index in [1.54, 1.807) is 36.4 Å². The second-order valence-electron chi connectivity index (χ2n) is 14.5. The van der Waals surface area contributed by atoms with E-state index in [1.165, 1.54) is 38.5 Å². The second-order valence-corrected chi connectivity index (χ2v) is 14.9. The van der Waals surface area contributed by atoms with E-state index in [1.807, 2.05) is 23.2 Å². The minimum absolute atomic E-state index is 0.258. The number of fused-ring (bicyclic) bond motifs is 4. The number of nitrogens with one attached hydrogen (secondary N) is 3. The Labute approximate surface area is 297 Å². The highest BCUT2D eigenvalue weighted by atomic mass is 35.5. The molecule has 4 aromatic rings. The summed E-state index contributed by atoms with van der Waals surface area (Å²) >= 11 is 6.95. The Bertz CT molecular complexity index is 2050. The number of anilines is 2. The van der Waals surface area contributed by atoms with Crippen LogP contribution in [0.5, 0.6) is 0 Å². The fourth-order valence-electron chi connectivity index (χ4n) is 8.89. The Balaban J connectivity index is 0.987. The van der Waals surface area contributed by atoms with Gasteiger partial charge in [-0.1, -0.05) is 35.9 Å². The first-order chi connectivity index (χ1) is 24.2. The predicted molar refractivity (Wildman–Crippen MR) is 192 cm³/mol. The Morgan fingerprint density at radius 3 is 2.30 bits per heavy atom. The molecule has 12 heteroatoms. The zero-order chi connectivity index (χ0) is 34.6. The van der Waals surface area contributed by atoms with Crippen LogP contribution in [0.2, 0.25) is 5.02 Å². The lowest BCUT2D eigenvalue weighted by Crippen LogP contribution is -2.34. The third-order valence-electron chi connectivity index (χ3n) is 11.7. The van der Waals surface area contributed by atoms with Crippen molar-refractivity contribution in [3.8, 4) is 17.2 Å². The number of carbonyl (C=O) groups excluding carboxylic acids is 2. The molecule has 0 saturated heterocycles. The van der Waals surface area contributed by atoms with E-state index >= 15 is 0 Å². The quantitative estimate of drug-likeness (QED) is 0.212. The first-order valence-corrected chi connectivity index (χ1v) is 18.1. The van der Waals surface area contributed by atoms with E-state index in [9.17, 15) is 14.9 Å². The standard InChI is InChI=1S/C38H42ClN9O2/c1-46-31-11-16-41-21-29(31)42-34(46)36(49)44-27-7-3-5-24(26(27)20-40)25-6-4-8-28(33(25)39)45-37(50)35-43-30-22-48(17-12-32(30)47(35)2)18-15-38-13-9-23(19-38)10-14-38/h3-8,23,41H,9-19,21-22H2,1-2H3,(H,44,49)(H,45,50). The van der Waals surface area contributed by atoms with Gasteiger partial charge >= 0.3 is 0 Å². The van der Waals surface area contributed by atoms with Gasteiger partial charge in [0.05, 0.1) is 33.3 Å². The van der Waals surface area contributed by atoms with Crippen LogP contribution in [0.15, 0.2) is 36.4 Å². The van der Waals surface area contributed by atoms with Crippen molar-refractivity contribution in [1.82, 2.24) is 29.3 Å². The van der Waals surface area contributed by atoms with Gasteiger partial charge in [0.25, 0.3) is 11.8 Å². The van der Waals surface area contributed by atoms with E-state index in [4.69, 9.17) is 16.6 Å². The monoisotopic (exact) mass is 691 g/mol. The molecule has 258 valence electrons. The summed E-state index contributed by atoms with van der Waals surface area (Å²) in [5.74, 6) is 0.852. The van der Waals surface area contributed by atoms with Crippen molar-refractivity contribution >= 4 is 34.8 Å². The summed E-state index contributed by atoms with van der Waals surface area (Å²) in [6.45, 7) is 4.27. The van der Waals surface area contributed by atoms with Gasteiger partial charge in [0.1, 0.15) is 6.07 Å². The minimum atomic E-state index is -0.399. The predicted octanol–water partition coefficient (Wildman–Crippen LogP) is 5.82. The van der Waals surface area contributed by atoms with Crippen LogP contribution in [-0.4, -0.2) is 55.5 Å². The van der Waals surface area contributed by atoms with E-state index in [2.05, 4.69) is 31.9 Å². The number of carbonyl (C=O) groups is 2. The maximum Gasteiger partial charge on any atom is 0.291 e. The molecule has 0 unspecified atom stereocenters. The number of imidazole rings is 2. The van der Waals surface area contributed by atoms with Crippen LogP contribution in [0.1, 0.15) is 88.1 Å². The van der Waals surface area contributed by atoms with Gasteiger partial charge in [0.2, 0.25) is 0 Å². The fourth-order valence-corrected chi connectivity index (χ4v) is 9.16. The normalized spacial score (nSPS) is 21.0. The van der Waals surface area contributed by atoms with Gasteiger partial charge in [-0.2, -0.15) is 5.26 Å². The maximum atomic E-state index is 13.7. The Morgan fingerprint density at radius 2 is 1.62 bits per heavy atom. The summed E-state index contributed by atoms with van der Waals surface area (Å²) in [6, 6.07) is 12.8. The summed E-state index contributed by atoms with van der Waals surface area (Å²) < 4.78 is 3.73. The topological polar surface area (TPSA) is 133 Å².